The molecule has 1 aliphatic heterocycles. The molecule has 1 fully saturated rings. The Hall–Kier alpha value is -3.23. The molecule has 0 radical (unpaired) electrons. The molecule has 3 amide bonds. The van der Waals surface area contributed by atoms with E-state index in [1.165, 1.54) is 12.1 Å². The fourth-order valence-corrected chi connectivity index (χ4v) is 3.21. The number of carbonyl (C=O) groups is 2. The first-order valence-corrected chi connectivity index (χ1v) is 9.51. The molecule has 1 heterocycles. The van der Waals surface area contributed by atoms with Crippen LogP contribution in [0.25, 0.3) is 0 Å². The minimum Gasteiger partial charge on any atom is -0.494 e. The van der Waals surface area contributed by atoms with Crippen LogP contribution >= 0.6 is 0 Å². The van der Waals surface area contributed by atoms with E-state index in [0.29, 0.717) is 19.6 Å². The zero-order chi connectivity index (χ0) is 21.7. The van der Waals surface area contributed by atoms with Crippen molar-refractivity contribution < 1.29 is 27.5 Å². The topological polar surface area (TPSA) is 70.7 Å². The summed E-state index contributed by atoms with van der Waals surface area (Å²) >= 11 is 0. The van der Waals surface area contributed by atoms with E-state index in [2.05, 4.69) is 10.6 Å². The Kier molecular flexibility index (Phi) is 6.49. The molecule has 0 spiro atoms. The highest BCUT2D eigenvalue weighted by Crippen LogP contribution is 2.30. The van der Waals surface area contributed by atoms with Crippen LogP contribution in [0.5, 0.6) is 5.75 Å². The maximum absolute atomic E-state index is 12.6. The maximum atomic E-state index is 12.6. The standard InChI is InChI=1S/C21H22F3N3O3/c1-2-30-18-9-7-17(8-10-18)27-13-14(11-19(27)28)12-25-20(29)26-16-5-3-15(4-6-16)21(22,23)24/h3-10,14H,2,11-13H2,1H3,(H2,25,26,29)/t14-/m1/s1. The first kappa shape index (κ1) is 21.5. The van der Waals surface area contributed by atoms with Crippen LogP contribution in [-0.2, 0) is 11.0 Å². The average molecular weight is 421 g/mol. The fraction of sp³-hybridized carbons (Fsp3) is 0.333. The van der Waals surface area contributed by atoms with E-state index in [0.717, 1.165) is 23.6 Å². The van der Waals surface area contributed by atoms with Crippen molar-refractivity contribution in [1.29, 1.82) is 0 Å². The van der Waals surface area contributed by atoms with Crippen molar-refractivity contribution in [2.75, 3.05) is 29.9 Å². The van der Waals surface area contributed by atoms with E-state index >= 15 is 0 Å². The molecule has 9 heteroatoms. The molecular formula is C21H22F3N3O3. The van der Waals surface area contributed by atoms with E-state index in [1.54, 1.807) is 17.0 Å². The van der Waals surface area contributed by atoms with E-state index in [1.807, 2.05) is 19.1 Å². The van der Waals surface area contributed by atoms with Crippen LogP contribution < -0.4 is 20.3 Å². The minimum atomic E-state index is -4.43. The molecule has 6 nitrogen and oxygen atoms in total. The molecule has 3 rings (SSSR count). The van der Waals surface area contributed by atoms with Gasteiger partial charge in [-0.05, 0) is 55.5 Å². The van der Waals surface area contributed by atoms with Gasteiger partial charge >= 0.3 is 12.2 Å². The number of nitrogens with zero attached hydrogens (tertiary/aromatic N) is 1. The molecule has 2 aromatic rings. The van der Waals surface area contributed by atoms with E-state index in [9.17, 15) is 22.8 Å². The van der Waals surface area contributed by atoms with Gasteiger partial charge in [0.25, 0.3) is 0 Å². The summed E-state index contributed by atoms with van der Waals surface area (Å²) in [7, 11) is 0. The summed E-state index contributed by atoms with van der Waals surface area (Å²) in [6.45, 7) is 3.19. The van der Waals surface area contributed by atoms with Gasteiger partial charge in [0.05, 0.1) is 12.2 Å². The normalized spacial score (nSPS) is 16.5. The van der Waals surface area contributed by atoms with Gasteiger partial charge in [-0.3, -0.25) is 4.79 Å². The molecule has 2 aromatic carbocycles. The van der Waals surface area contributed by atoms with Crippen LogP contribution in [-0.4, -0.2) is 31.6 Å². The van der Waals surface area contributed by atoms with Gasteiger partial charge < -0.3 is 20.3 Å². The number of anilines is 2. The lowest BCUT2D eigenvalue weighted by Gasteiger charge is -2.17. The third kappa shape index (κ3) is 5.43. The summed E-state index contributed by atoms with van der Waals surface area (Å²) < 4.78 is 43.1. The first-order valence-electron chi connectivity index (χ1n) is 9.51. The van der Waals surface area contributed by atoms with Crippen molar-refractivity contribution in [3.8, 4) is 5.75 Å². The van der Waals surface area contributed by atoms with E-state index in [4.69, 9.17) is 4.74 Å². The van der Waals surface area contributed by atoms with Crippen LogP contribution in [0, 0.1) is 5.92 Å². The number of halogens is 3. The minimum absolute atomic E-state index is 0.0332. The van der Waals surface area contributed by atoms with Gasteiger partial charge in [-0.1, -0.05) is 0 Å². The van der Waals surface area contributed by atoms with Crippen molar-refractivity contribution in [1.82, 2.24) is 5.32 Å². The number of urea groups is 1. The number of hydrogen-bond acceptors (Lipinski definition) is 3. The molecule has 1 aliphatic rings. The SMILES string of the molecule is CCOc1ccc(N2C[C@@H](CNC(=O)Nc3ccc(C(F)(F)F)cc3)CC2=O)cc1. The fourth-order valence-electron chi connectivity index (χ4n) is 3.21. The van der Waals surface area contributed by atoms with E-state index < -0.39 is 17.8 Å². The Labute approximate surface area is 172 Å². The van der Waals surface area contributed by atoms with Crippen LogP contribution in [0.4, 0.5) is 29.3 Å². The first-order chi connectivity index (χ1) is 14.3. The molecule has 0 aliphatic carbocycles. The monoisotopic (exact) mass is 421 g/mol. The summed E-state index contributed by atoms with van der Waals surface area (Å²) in [5.41, 5.74) is 0.228. The number of benzene rings is 2. The van der Waals surface area contributed by atoms with Gasteiger partial charge in [0.15, 0.2) is 0 Å². The average Bonchev–Trinajstić information content (AvgIpc) is 3.08. The highest BCUT2D eigenvalue weighted by atomic mass is 19.4. The Bertz CT molecular complexity index is 883. The zero-order valence-corrected chi connectivity index (χ0v) is 16.3. The third-order valence-corrected chi connectivity index (χ3v) is 4.69. The highest BCUT2D eigenvalue weighted by molar-refractivity contribution is 5.96. The summed E-state index contributed by atoms with van der Waals surface area (Å²) in [4.78, 5) is 26.0. The largest absolute Gasteiger partial charge is 0.494 e. The van der Waals surface area contributed by atoms with Gasteiger partial charge in [0, 0.05) is 36.8 Å². The van der Waals surface area contributed by atoms with Gasteiger partial charge in [-0.15, -0.1) is 0 Å². The number of alkyl halides is 3. The number of nitrogens with one attached hydrogen (secondary N) is 2. The molecule has 30 heavy (non-hydrogen) atoms. The summed E-state index contributed by atoms with van der Waals surface area (Å²) in [5.74, 6) is 0.627. The second-order valence-corrected chi connectivity index (χ2v) is 6.91. The number of ether oxygens (including phenoxy) is 1. The van der Waals surface area contributed by atoms with Gasteiger partial charge in [-0.25, -0.2) is 4.79 Å². The van der Waals surface area contributed by atoms with Crippen molar-refractivity contribution in [3.63, 3.8) is 0 Å². The lowest BCUT2D eigenvalue weighted by atomic mass is 10.1. The van der Waals surface area contributed by atoms with Gasteiger partial charge in [0.1, 0.15) is 5.75 Å². The molecule has 160 valence electrons. The predicted molar refractivity (Wildman–Crippen MR) is 107 cm³/mol. The quantitative estimate of drug-likeness (QED) is 0.732. The predicted octanol–water partition coefficient (Wildman–Crippen LogP) is 4.28. The van der Waals surface area contributed by atoms with Crippen molar-refractivity contribution in [3.05, 3.63) is 54.1 Å². The molecule has 1 atom stereocenters. The second kappa shape index (κ2) is 9.06. The van der Waals surface area contributed by atoms with Crippen LogP contribution in [0.15, 0.2) is 48.5 Å². The summed E-state index contributed by atoms with van der Waals surface area (Å²) in [6, 6.07) is 10.9. The number of hydrogen-bond donors (Lipinski definition) is 2. The second-order valence-electron chi connectivity index (χ2n) is 6.91. The van der Waals surface area contributed by atoms with Crippen LogP contribution in [0.3, 0.4) is 0 Å². The van der Waals surface area contributed by atoms with Crippen molar-refractivity contribution >= 4 is 23.3 Å². The smallest absolute Gasteiger partial charge is 0.416 e. The van der Waals surface area contributed by atoms with Crippen LogP contribution in [0.2, 0.25) is 0 Å². The number of carbonyl (C=O) groups excluding carboxylic acids is 2. The molecule has 0 aromatic heterocycles. The zero-order valence-electron chi connectivity index (χ0n) is 16.3. The van der Waals surface area contributed by atoms with Gasteiger partial charge in [-0.2, -0.15) is 13.2 Å². The third-order valence-electron chi connectivity index (χ3n) is 4.69. The molecule has 0 saturated carbocycles. The van der Waals surface area contributed by atoms with E-state index in [-0.39, 0.29) is 24.1 Å². The van der Waals surface area contributed by atoms with Crippen molar-refractivity contribution in [2.24, 2.45) is 5.92 Å². The Morgan fingerprint density at radius 3 is 2.40 bits per heavy atom. The number of amides is 3. The molecule has 2 N–H and O–H groups in total. The maximum Gasteiger partial charge on any atom is 0.416 e. The highest BCUT2D eigenvalue weighted by Gasteiger charge is 2.31. The van der Waals surface area contributed by atoms with Crippen molar-refractivity contribution in [2.45, 2.75) is 19.5 Å². The Morgan fingerprint density at radius 2 is 1.80 bits per heavy atom. The summed E-state index contributed by atoms with van der Waals surface area (Å²) in [6.07, 6.45) is -4.13. The Morgan fingerprint density at radius 1 is 1.13 bits per heavy atom. The molecule has 0 unspecified atom stereocenters. The lowest BCUT2D eigenvalue weighted by Crippen LogP contribution is -2.34. The summed E-state index contributed by atoms with van der Waals surface area (Å²) in [5, 5.41) is 5.15. The molecule has 0 bridgehead atoms. The Balaban J connectivity index is 1.49. The number of rotatable bonds is 6. The molecular weight excluding hydrogens is 399 g/mol. The van der Waals surface area contributed by atoms with Gasteiger partial charge in [0.2, 0.25) is 5.91 Å². The molecule has 1 saturated heterocycles. The lowest BCUT2D eigenvalue weighted by molar-refractivity contribution is -0.137. The van der Waals surface area contributed by atoms with Crippen LogP contribution in [0.1, 0.15) is 18.9 Å².